The summed E-state index contributed by atoms with van der Waals surface area (Å²) in [6.07, 6.45) is -0.0598. The summed E-state index contributed by atoms with van der Waals surface area (Å²) in [6, 6.07) is 15.2. The summed E-state index contributed by atoms with van der Waals surface area (Å²) < 4.78 is 28.4. The summed E-state index contributed by atoms with van der Waals surface area (Å²) in [4.78, 5) is 11.6. The predicted octanol–water partition coefficient (Wildman–Crippen LogP) is 4.92. The number of halogens is 3. The summed E-state index contributed by atoms with van der Waals surface area (Å²) in [5.41, 5.74) is 1.02. The van der Waals surface area contributed by atoms with Crippen molar-refractivity contribution in [2.45, 2.75) is 11.3 Å². The van der Waals surface area contributed by atoms with E-state index in [1.165, 1.54) is 36.4 Å². The van der Waals surface area contributed by atoms with E-state index >= 15 is 0 Å². The Morgan fingerprint density at radius 2 is 1.66 bits per heavy atom. The molecule has 1 heterocycles. The zero-order valence-electron chi connectivity index (χ0n) is 16.2. The van der Waals surface area contributed by atoms with Gasteiger partial charge in [0.2, 0.25) is 0 Å². The lowest BCUT2D eigenvalue weighted by Crippen LogP contribution is -2.17. The fourth-order valence-electron chi connectivity index (χ4n) is 3.53. The molecule has 5 nitrogen and oxygen atoms in total. The number of aromatic carboxylic acids is 1. The average Bonchev–Trinajstić information content (AvgIpc) is 3.10. The van der Waals surface area contributed by atoms with E-state index in [0.29, 0.717) is 16.5 Å². The Labute approximate surface area is 200 Å². The third kappa shape index (κ3) is 3.90. The summed E-state index contributed by atoms with van der Waals surface area (Å²) >= 11 is 19.0. The largest absolute Gasteiger partial charge is 0.478 e. The first-order valence-corrected chi connectivity index (χ1v) is 11.8. The van der Waals surface area contributed by atoms with Crippen LogP contribution in [0.25, 0.3) is 10.9 Å². The number of fused-ring (bicyclic) bond motifs is 1. The summed E-state index contributed by atoms with van der Waals surface area (Å²) in [6.45, 7) is 0. The monoisotopic (exact) mass is 503 g/mol. The molecule has 2 radical (unpaired) electrons. The van der Waals surface area contributed by atoms with Crippen LogP contribution in [0.2, 0.25) is 15.1 Å². The smallest absolute Gasteiger partial charge is 0.337 e. The maximum Gasteiger partial charge on any atom is 0.337 e. The van der Waals surface area contributed by atoms with Crippen LogP contribution in [-0.2, 0) is 16.4 Å². The van der Waals surface area contributed by atoms with Gasteiger partial charge in [0, 0.05) is 27.5 Å². The summed E-state index contributed by atoms with van der Waals surface area (Å²) in [7, 11) is 1.88. The molecule has 1 aromatic heterocycles. The van der Waals surface area contributed by atoms with Gasteiger partial charge in [0.1, 0.15) is 7.85 Å². The minimum absolute atomic E-state index is 0.0598. The number of carboxylic acids is 1. The Bertz CT molecular complexity index is 1480. The number of carboxylic acid groups (broad SMARTS) is 1. The topological polar surface area (TPSA) is 76.4 Å². The third-order valence-corrected chi connectivity index (χ3v) is 7.85. The molecule has 0 aliphatic heterocycles. The lowest BCUT2D eigenvalue weighted by atomic mass is 9.95. The van der Waals surface area contributed by atoms with Gasteiger partial charge in [-0.25, -0.2) is 17.2 Å². The van der Waals surface area contributed by atoms with Crippen LogP contribution in [0.1, 0.15) is 21.6 Å². The highest BCUT2D eigenvalue weighted by molar-refractivity contribution is 7.90. The number of aromatic nitrogens is 1. The van der Waals surface area contributed by atoms with E-state index in [9.17, 15) is 18.3 Å². The average molecular weight is 505 g/mol. The van der Waals surface area contributed by atoms with Gasteiger partial charge in [0.15, 0.2) is 0 Å². The summed E-state index contributed by atoms with van der Waals surface area (Å²) in [5, 5.41) is 10.3. The Hall–Kier alpha value is -2.45. The van der Waals surface area contributed by atoms with Crippen molar-refractivity contribution in [3.8, 4) is 0 Å². The van der Waals surface area contributed by atoms with Crippen LogP contribution < -0.4 is 5.46 Å². The van der Waals surface area contributed by atoms with Crippen molar-refractivity contribution >= 4 is 75.0 Å². The Balaban J connectivity index is 2.02. The van der Waals surface area contributed by atoms with E-state index in [1.54, 1.807) is 24.3 Å². The summed E-state index contributed by atoms with van der Waals surface area (Å²) in [5.74, 6) is -1.22. The highest BCUT2D eigenvalue weighted by Gasteiger charge is 2.26. The van der Waals surface area contributed by atoms with Gasteiger partial charge in [-0.15, -0.1) is 0 Å². The van der Waals surface area contributed by atoms with Gasteiger partial charge in [-0.3, -0.25) is 0 Å². The normalized spacial score (nSPS) is 11.7. The van der Waals surface area contributed by atoms with Crippen molar-refractivity contribution in [2.75, 3.05) is 0 Å². The van der Waals surface area contributed by atoms with Crippen LogP contribution in [0.15, 0.2) is 65.6 Å². The lowest BCUT2D eigenvalue weighted by molar-refractivity contribution is 0.0697. The van der Waals surface area contributed by atoms with Gasteiger partial charge in [0.05, 0.1) is 21.0 Å². The van der Waals surface area contributed by atoms with Crippen LogP contribution in [0.5, 0.6) is 0 Å². The maximum absolute atomic E-state index is 13.6. The van der Waals surface area contributed by atoms with Gasteiger partial charge in [-0.05, 0) is 48.0 Å². The van der Waals surface area contributed by atoms with E-state index in [0.717, 1.165) is 3.97 Å². The molecular formula is C22H13BCl3NO4S. The minimum atomic E-state index is -4.06. The molecule has 1 N–H and O–H groups in total. The standard InChI is InChI=1S/C22H13BCl3NO4S/c23-12-8-19(25)16-10-13(11-17-18(24)7-6-15(21(17)26)22(28)29)27(20(16)9-12)32(30,31)14-4-2-1-3-5-14/h1-10H,11H2,(H,28,29). The zero-order valence-corrected chi connectivity index (χ0v) is 19.3. The third-order valence-electron chi connectivity index (χ3n) is 4.98. The Morgan fingerprint density at radius 1 is 0.969 bits per heavy atom. The SMILES string of the molecule is [B]c1cc(Cl)c2cc(Cc3c(Cl)ccc(C(=O)O)c3Cl)n(S(=O)(=O)c3ccccc3)c2c1. The zero-order chi connectivity index (χ0) is 23.2. The van der Waals surface area contributed by atoms with E-state index < -0.39 is 16.0 Å². The maximum atomic E-state index is 13.6. The molecule has 3 aromatic carbocycles. The van der Waals surface area contributed by atoms with Gasteiger partial charge in [0.25, 0.3) is 10.0 Å². The van der Waals surface area contributed by atoms with Crippen molar-refractivity contribution in [3.63, 3.8) is 0 Å². The van der Waals surface area contributed by atoms with Crippen molar-refractivity contribution in [2.24, 2.45) is 0 Å². The van der Waals surface area contributed by atoms with E-state index in [1.807, 2.05) is 0 Å². The number of carbonyl (C=O) groups is 1. The predicted molar refractivity (Wildman–Crippen MR) is 128 cm³/mol. The molecule has 0 saturated heterocycles. The molecule has 4 rings (SSSR count). The van der Waals surface area contributed by atoms with Crippen LogP contribution in [-0.4, -0.2) is 31.3 Å². The van der Waals surface area contributed by atoms with Gasteiger partial charge < -0.3 is 5.11 Å². The van der Waals surface area contributed by atoms with Gasteiger partial charge in [-0.2, -0.15) is 0 Å². The molecule has 0 spiro atoms. The van der Waals surface area contributed by atoms with Crippen LogP contribution >= 0.6 is 34.8 Å². The lowest BCUT2D eigenvalue weighted by Gasteiger charge is -2.14. The second kappa shape index (κ2) is 8.48. The Kier molecular flexibility index (Phi) is 6.03. The second-order valence-electron chi connectivity index (χ2n) is 7.02. The molecule has 0 amide bonds. The van der Waals surface area contributed by atoms with Crippen molar-refractivity contribution in [1.29, 1.82) is 0 Å². The van der Waals surface area contributed by atoms with Gasteiger partial charge in [-0.1, -0.05) is 58.5 Å². The Morgan fingerprint density at radius 3 is 2.31 bits per heavy atom. The number of nitrogens with zero attached hydrogens (tertiary/aromatic N) is 1. The molecule has 0 fully saturated rings. The molecule has 0 atom stereocenters. The van der Waals surface area contributed by atoms with Crippen LogP contribution in [0.4, 0.5) is 0 Å². The molecular weight excluding hydrogens is 491 g/mol. The fraction of sp³-hybridized carbons (Fsp3) is 0.0455. The molecule has 0 saturated carbocycles. The highest BCUT2D eigenvalue weighted by Crippen LogP contribution is 2.35. The van der Waals surface area contributed by atoms with Gasteiger partial charge >= 0.3 is 5.97 Å². The number of hydrogen-bond acceptors (Lipinski definition) is 3. The first-order chi connectivity index (χ1) is 15.1. The molecule has 0 aliphatic rings. The van der Waals surface area contributed by atoms with Crippen molar-refractivity contribution < 1.29 is 18.3 Å². The second-order valence-corrected chi connectivity index (χ2v) is 10.0. The first-order valence-electron chi connectivity index (χ1n) is 9.21. The molecule has 0 aliphatic carbocycles. The van der Waals surface area contributed by atoms with Crippen molar-refractivity contribution in [3.05, 3.63) is 92.6 Å². The number of benzene rings is 3. The minimum Gasteiger partial charge on any atom is -0.478 e. The van der Waals surface area contributed by atoms with E-state index in [2.05, 4.69) is 0 Å². The first kappa shape index (κ1) is 22.7. The molecule has 10 heteroatoms. The molecule has 160 valence electrons. The number of hydrogen-bond donors (Lipinski definition) is 1. The molecule has 4 aromatic rings. The van der Waals surface area contributed by atoms with E-state index in [-0.39, 0.29) is 43.0 Å². The number of rotatable bonds is 5. The van der Waals surface area contributed by atoms with Crippen LogP contribution in [0, 0.1) is 0 Å². The van der Waals surface area contributed by atoms with Crippen LogP contribution in [0.3, 0.4) is 0 Å². The molecule has 0 bridgehead atoms. The quantitative estimate of drug-likeness (QED) is 0.392. The van der Waals surface area contributed by atoms with E-state index in [4.69, 9.17) is 42.6 Å². The molecule has 0 unspecified atom stereocenters. The van der Waals surface area contributed by atoms with Crippen molar-refractivity contribution in [1.82, 2.24) is 3.97 Å². The fourth-order valence-corrected chi connectivity index (χ4v) is 5.94. The highest BCUT2D eigenvalue weighted by atomic mass is 35.5. The molecule has 32 heavy (non-hydrogen) atoms.